The van der Waals surface area contributed by atoms with E-state index in [-0.39, 0.29) is 18.3 Å². The minimum atomic E-state index is -0.0359. The summed E-state index contributed by atoms with van der Waals surface area (Å²) in [6.07, 6.45) is 3.80. The number of nitrogens with one attached hydrogen (secondary N) is 1. The van der Waals surface area contributed by atoms with E-state index in [9.17, 15) is 4.79 Å². The number of pyridine rings is 1. The first-order chi connectivity index (χ1) is 8.63. The van der Waals surface area contributed by atoms with E-state index in [1.807, 2.05) is 60.3 Å². The molecule has 0 aliphatic carbocycles. The molecule has 0 aliphatic rings. The lowest BCUT2D eigenvalue weighted by Gasteiger charge is -2.03. The van der Waals surface area contributed by atoms with Crippen molar-refractivity contribution in [3.63, 3.8) is 0 Å². The topological polar surface area (TPSA) is 33.0 Å². The summed E-state index contributed by atoms with van der Waals surface area (Å²) >= 11 is 3.36. The highest BCUT2D eigenvalue weighted by molar-refractivity contribution is 9.10. The molecule has 0 fully saturated rings. The molecular weight excluding hydrogens is 328 g/mol. The van der Waals surface area contributed by atoms with Crippen molar-refractivity contribution in [2.45, 2.75) is 13.5 Å². The highest BCUT2D eigenvalue weighted by Crippen LogP contribution is 2.13. The predicted molar refractivity (Wildman–Crippen MR) is 74.1 cm³/mol. The Morgan fingerprint density at radius 1 is 1.16 bits per heavy atom. The summed E-state index contributed by atoms with van der Waals surface area (Å²) in [5, 5.41) is 2.85. The van der Waals surface area contributed by atoms with Crippen molar-refractivity contribution in [3.8, 4) is 0 Å². The fraction of sp³-hybridized carbons (Fsp3) is 0.143. The molecule has 0 atom stereocenters. The Morgan fingerprint density at radius 3 is 2.32 bits per heavy atom. The molecule has 0 saturated heterocycles. The Hall–Kier alpha value is -1.39. The minimum absolute atomic E-state index is 0. The SMILES string of the molecule is Cc1cc[n+](CC(=O)Nc2ccc(Br)cc2)cc1.[Cl-]. The van der Waals surface area contributed by atoms with Crippen LogP contribution in [0.15, 0.2) is 53.3 Å². The molecule has 1 amide bonds. The van der Waals surface area contributed by atoms with Gasteiger partial charge in [0.15, 0.2) is 12.4 Å². The summed E-state index contributed by atoms with van der Waals surface area (Å²) in [6, 6.07) is 11.5. The van der Waals surface area contributed by atoms with E-state index < -0.39 is 0 Å². The van der Waals surface area contributed by atoms with Gasteiger partial charge in [-0.3, -0.25) is 4.79 Å². The second-order valence-electron chi connectivity index (χ2n) is 4.10. The zero-order valence-corrected chi connectivity index (χ0v) is 12.8. The molecule has 1 aromatic carbocycles. The van der Waals surface area contributed by atoms with E-state index in [1.165, 1.54) is 5.56 Å². The quantitative estimate of drug-likeness (QED) is 0.763. The van der Waals surface area contributed by atoms with E-state index in [0.717, 1.165) is 10.2 Å². The zero-order chi connectivity index (χ0) is 13.0. The summed E-state index contributed by atoms with van der Waals surface area (Å²) in [4.78, 5) is 11.8. The first-order valence-electron chi connectivity index (χ1n) is 5.64. The molecular formula is C14H14BrClN2O. The van der Waals surface area contributed by atoms with Crippen LogP contribution in [0.4, 0.5) is 5.69 Å². The normalized spacial score (nSPS) is 9.58. The van der Waals surface area contributed by atoms with Crippen LogP contribution in [-0.4, -0.2) is 5.91 Å². The smallest absolute Gasteiger partial charge is 0.290 e. The number of aryl methyl sites for hydroxylation is 1. The fourth-order valence-corrected chi connectivity index (χ4v) is 1.80. The molecule has 1 N–H and O–H groups in total. The lowest BCUT2D eigenvalue weighted by molar-refractivity contribution is -0.684. The lowest BCUT2D eigenvalue weighted by Crippen LogP contribution is -3.00. The molecule has 2 aromatic rings. The van der Waals surface area contributed by atoms with E-state index >= 15 is 0 Å². The number of benzene rings is 1. The van der Waals surface area contributed by atoms with Gasteiger partial charge in [-0.05, 0) is 36.8 Å². The monoisotopic (exact) mass is 340 g/mol. The third-order valence-electron chi connectivity index (χ3n) is 2.51. The average molecular weight is 342 g/mol. The van der Waals surface area contributed by atoms with Crippen molar-refractivity contribution in [2.24, 2.45) is 0 Å². The lowest BCUT2D eigenvalue weighted by atomic mass is 10.3. The van der Waals surface area contributed by atoms with Crippen LogP contribution in [-0.2, 0) is 11.3 Å². The van der Waals surface area contributed by atoms with Gasteiger partial charge < -0.3 is 17.7 Å². The van der Waals surface area contributed by atoms with Gasteiger partial charge in [0, 0.05) is 22.3 Å². The first kappa shape index (κ1) is 15.7. The van der Waals surface area contributed by atoms with Gasteiger partial charge in [-0.2, -0.15) is 4.57 Å². The fourth-order valence-electron chi connectivity index (χ4n) is 1.54. The van der Waals surface area contributed by atoms with Crippen molar-refractivity contribution in [1.82, 2.24) is 0 Å². The van der Waals surface area contributed by atoms with Crippen LogP contribution >= 0.6 is 15.9 Å². The Morgan fingerprint density at radius 2 is 1.74 bits per heavy atom. The van der Waals surface area contributed by atoms with E-state index in [1.54, 1.807) is 0 Å². The Kier molecular flexibility index (Phi) is 5.99. The molecule has 5 heteroatoms. The average Bonchev–Trinajstić information content (AvgIpc) is 2.35. The molecule has 0 unspecified atom stereocenters. The highest BCUT2D eigenvalue weighted by atomic mass is 79.9. The number of hydrogen-bond acceptors (Lipinski definition) is 1. The van der Waals surface area contributed by atoms with Gasteiger partial charge in [-0.1, -0.05) is 15.9 Å². The number of anilines is 1. The maximum atomic E-state index is 11.8. The van der Waals surface area contributed by atoms with Gasteiger partial charge in [0.2, 0.25) is 6.54 Å². The largest absolute Gasteiger partial charge is 1.00 e. The Bertz CT molecular complexity index is 491. The van der Waals surface area contributed by atoms with Crippen molar-refractivity contribution in [1.29, 1.82) is 0 Å². The van der Waals surface area contributed by atoms with Crippen LogP contribution in [0.2, 0.25) is 0 Å². The predicted octanol–water partition coefficient (Wildman–Crippen LogP) is -0.312. The van der Waals surface area contributed by atoms with Gasteiger partial charge in [-0.25, -0.2) is 0 Å². The van der Waals surface area contributed by atoms with Crippen molar-refractivity contribution >= 4 is 27.5 Å². The van der Waals surface area contributed by atoms with Gasteiger partial charge in [0.05, 0.1) is 0 Å². The summed E-state index contributed by atoms with van der Waals surface area (Å²) in [5.41, 5.74) is 1.98. The van der Waals surface area contributed by atoms with Crippen molar-refractivity contribution in [3.05, 3.63) is 58.8 Å². The molecule has 0 spiro atoms. The van der Waals surface area contributed by atoms with Crippen molar-refractivity contribution in [2.75, 3.05) is 5.32 Å². The number of hydrogen-bond donors (Lipinski definition) is 1. The van der Waals surface area contributed by atoms with E-state index in [4.69, 9.17) is 0 Å². The van der Waals surface area contributed by atoms with Crippen LogP contribution in [0, 0.1) is 6.92 Å². The number of carbonyl (C=O) groups is 1. The van der Waals surface area contributed by atoms with Gasteiger partial charge in [-0.15, -0.1) is 0 Å². The molecule has 100 valence electrons. The van der Waals surface area contributed by atoms with Crippen LogP contribution in [0.1, 0.15) is 5.56 Å². The summed E-state index contributed by atoms with van der Waals surface area (Å²) < 4.78 is 2.84. The molecule has 0 aliphatic heterocycles. The molecule has 2 rings (SSSR count). The number of nitrogens with zero attached hydrogens (tertiary/aromatic N) is 1. The second-order valence-corrected chi connectivity index (χ2v) is 5.02. The molecule has 19 heavy (non-hydrogen) atoms. The third-order valence-corrected chi connectivity index (χ3v) is 3.04. The number of halogens is 2. The van der Waals surface area contributed by atoms with E-state index in [0.29, 0.717) is 6.54 Å². The van der Waals surface area contributed by atoms with Gasteiger partial charge in [0.1, 0.15) is 0 Å². The maximum Gasteiger partial charge on any atom is 0.290 e. The van der Waals surface area contributed by atoms with Crippen LogP contribution < -0.4 is 22.3 Å². The number of amides is 1. The maximum absolute atomic E-state index is 11.8. The zero-order valence-electron chi connectivity index (χ0n) is 10.4. The summed E-state index contributed by atoms with van der Waals surface area (Å²) in [6.45, 7) is 2.34. The number of aromatic nitrogens is 1. The van der Waals surface area contributed by atoms with Gasteiger partial charge >= 0.3 is 0 Å². The molecule has 1 aromatic heterocycles. The van der Waals surface area contributed by atoms with Gasteiger partial charge in [0.25, 0.3) is 5.91 Å². The number of rotatable bonds is 3. The molecule has 1 heterocycles. The van der Waals surface area contributed by atoms with Crippen LogP contribution in [0.5, 0.6) is 0 Å². The van der Waals surface area contributed by atoms with E-state index in [2.05, 4.69) is 21.2 Å². The molecule has 3 nitrogen and oxygen atoms in total. The second kappa shape index (κ2) is 7.26. The Balaban J connectivity index is 0.00000180. The first-order valence-corrected chi connectivity index (χ1v) is 6.44. The molecule has 0 saturated carbocycles. The standard InChI is InChI=1S/C14H13BrN2O.ClH/c1-11-6-8-17(9-7-11)10-14(18)16-13-4-2-12(15)3-5-13;/h2-9H,10H2,1H3;1H. The van der Waals surface area contributed by atoms with Crippen LogP contribution in [0.3, 0.4) is 0 Å². The minimum Gasteiger partial charge on any atom is -1.00 e. The highest BCUT2D eigenvalue weighted by Gasteiger charge is 2.08. The molecule has 0 radical (unpaired) electrons. The van der Waals surface area contributed by atoms with Crippen LogP contribution in [0.25, 0.3) is 0 Å². The third kappa shape index (κ3) is 5.01. The van der Waals surface area contributed by atoms with Crippen molar-refractivity contribution < 1.29 is 21.8 Å². The summed E-state index contributed by atoms with van der Waals surface area (Å²) in [5.74, 6) is -0.0359. The Labute approximate surface area is 127 Å². The summed E-state index contributed by atoms with van der Waals surface area (Å²) in [7, 11) is 0. The molecule has 0 bridgehead atoms. The number of carbonyl (C=O) groups excluding carboxylic acids is 1.